The summed E-state index contributed by atoms with van der Waals surface area (Å²) in [5.74, 6) is -0.360. The summed E-state index contributed by atoms with van der Waals surface area (Å²) in [6, 6.07) is 11.0. The van der Waals surface area contributed by atoms with Crippen LogP contribution >= 0.6 is 11.6 Å². The predicted molar refractivity (Wildman–Crippen MR) is 80.1 cm³/mol. The minimum Gasteiger partial charge on any atom is -0.398 e. The number of hydrogen-bond acceptors (Lipinski definition) is 2. The summed E-state index contributed by atoms with van der Waals surface area (Å²) >= 11 is 5.71. The van der Waals surface area contributed by atoms with Gasteiger partial charge in [-0.15, -0.1) is 0 Å². The second-order valence-electron chi connectivity index (χ2n) is 5.19. The van der Waals surface area contributed by atoms with Crippen LogP contribution in [0, 0.1) is 5.82 Å². The Balaban J connectivity index is 1.77. The van der Waals surface area contributed by atoms with E-state index in [9.17, 15) is 4.39 Å². The number of anilines is 1. The zero-order valence-corrected chi connectivity index (χ0v) is 11.8. The smallest absolute Gasteiger partial charge is 0.142 e. The van der Waals surface area contributed by atoms with Crippen LogP contribution in [-0.4, -0.2) is 11.4 Å². The van der Waals surface area contributed by atoms with Gasteiger partial charge in [0.25, 0.3) is 0 Å². The maximum atomic E-state index is 13.5. The van der Waals surface area contributed by atoms with Gasteiger partial charge in [0.15, 0.2) is 0 Å². The van der Waals surface area contributed by atoms with Gasteiger partial charge in [-0.05, 0) is 41.3 Å². The second-order valence-corrected chi connectivity index (χ2v) is 5.60. The molecular weight excluding hydrogens is 275 g/mol. The highest BCUT2D eigenvalue weighted by molar-refractivity contribution is 6.30. The Morgan fingerprint density at radius 2 is 2.10 bits per heavy atom. The number of nitrogens with two attached hydrogens (primary N) is 1. The first-order valence-corrected chi connectivity index (χ1v) is 7.04. The van der Waals surface area contributed by atoms with E-state index in [2.05, 4.69) is 11.0 Å². The zero-order valence-electron chi connectivity index (χ0n) is 11.1. The lowest BCUT2D eigenvalue weighted by Gasteiger charge is -2.29. The van der Waals surface area contributed by atoms with Crippen molar-refractivity contribution in [2.75, 3.05) is 12.3 Å². The number of fused-ring (bicyclic) bond motifs is 1. The fourth-order valence-corrected chi connectivity index (χ4v) is 2.81. The highest BCUT2D eigenvalue weighted by Crippen LogP contribution is 2.25. The molecule has 2 N–H and O–H groups in total. The van der Waals surface area contributed by atoms with Gasteiger partial charge in [0, 0.05) is 25.3 Å². The molecule has 4 heteroatoms. The van der Waals surface area contributed by atoms with Crippen molar-refractivity contribution in [1.82, 2.24) is 4.90 Å². The molecule has 0 unspecified atom stereocenters. The van der Waals surface area contributed by atoms with Gasteiger partial charge in [-0.2, -0.15) is 0 Å². The zero-order chi connectivity index (χ0) is 14.1. The lowest BCUT2D eigenvalue weighted by Crippen LogP contribution is -2.30. The molecular formula is C16H16ClFN2. The quantitative estimate of drug-likeness (QED) is 0.856. The topological polar surface area (TPSA) is 29.3 Å². The molecule has 104 valence electrons. The van der Waals surface area contributed by atoms with Gasteiger partial charge in [0.1, 0.15) is 5.82 Å². The summed E-state index contributed by atoms with van der Waals surface area (Å²) in [6.07, 6.45) is 0.983. The molecule has 1 aliphatic heterocycles. The maximum absolute atomic E-state index is 13.5. The Bertz CT molecular complexity index is 642. The molecule has 0 bridgehead atoms. The minimum absolute atomic E-state index is 0.169. The number of hydrogen-bond donors (Lipinski definition) is 1. The van der Waals surface area contributed by atoms with E-state index in [4.69, 9.17) is 17.3 Å². The van der Waals surface area contributed by atoms with Crippen LogP contribution in [0.4, 0.5) is 10.1 Å². The fraction of sp³-hybridized carbons (Fsp3) is 0.250. The van der Waals surface area contributed by atoms with Crippen molar-refractivity contribution < 1.29 is 4.39 Å². The summed E-state index contributed by atoms with van der Waals surface area (Å²) in [4.78, 5) is 2.28. The van der Waals surface area contributed by atoms with Crippen molar-refractivity contribution in [2.45, 2.75) is 19.5 Å². The van der Waals surface area contributed by atoms with Crippen molar-refractivity contribution in [1.29, 1.82) is 0 Å². The third kappa shape index (κ3) is 2.65. The van der Waals surface area contributed by atoms with Gasteiger partial charge in [0.2, 0.25) is 0 Å². The summed E-state index contributed by atoms with van der Waals surface area (Å²) in [6.45, 7) is 2.48. The molecule has 2 aromatic carbocycles. The molecule has 1 heterocycles. The highest BCUT2D eigenvalue weighted by atomic mass is 35.5. The van der Waals surface area contributed by atoms with Crippen molar-refractivity contribution in [2.24, 2.45) is 0 Å². The first-order valence-electron chi connectivity index (χ1n) is 6.66. The molecule has 0 atom stereocenters. The number of benzene rings is 2. The molecule has 0 saturated carbocycles. The molecule has 3 rings (SSSR count). The van der Waals surface area contributed by atoms with Gasteiger partial charge in [-0.1, -0.05) is 29.8 Å². The average molecular weight is 291 g/mol. The average Bonchev–Trinajstić information content (AvgIpc) is 2.44. The van der Waals surface area contributed by atoms with Gasteiger partial charge in [-0.25, -0.2) is 4.39 Å². The molecule has 1 aliphatic rings. The van der Waals surface area contributed by atoms with Crippen molar-refractivity contribution in [3.05, 3.63) is 63.9 Å². The van der Waals surface area contributed by atoms with E-state index in [1.54, 1.807) is 6.07 Å². The molecule has 0 saturated heterocycles. The minimum atomic E-state index is -0.360. The van der Waals surface area contributed by atoms with Crippen molar-refractivity contribution in [3.8, 4) is 0 Å². The monoisotopic (exact) mass is 290 g/mol. The molecule has 0 aromatic heterocycles. The van der Waals surface area contributed by atoms with E-state index in [-0.39, 0.29) is 10.8 Å². The van der Waals surface area contributed by atoms with Crippen LogP contribution in [0.5, 0.6) is 0 Å². The number of rotatable bonds is 2. The SMILES string of the molecule is Nc1cccc2c1CN(Cc1ccc(Cl)c(F)c1)CC2. The molecule has 0 fully saturated rings. The van der Waals surface area contributed by atoms with Crippen LogP contribution < -0.4 is 5.73 Å². The normalized spacial score (nSPS) is 15.1. The Labute approximate surface area is 123 Å². The van der Waals surface area contributed by atoms with Crippen LogP contribution in [0.3, 0.4) is 0 Å². The Morgan fingerprint density at radius 3 is 2.90 bits per heavy atom. The Kier molecular flexibility index (Phi) is 3.64. The molecule has 2 aromatic rings. The van der Waals surface area contributed by atoms with E-state index < -0.39 is 0 Å². The molecule has 20 heavy (non-hydrogen) atoms. The van der Waals surface area contributed by atoms with E-state index in [0.717, 1.165) is 30.8 Å². The van der Waals surface area contributed by atoms with Crippen LogP contribution in [0.1, 0.15) is 16.7 Å². The van der Waals surface area contributed by atoms with Crippen LogP contribution in [0.15, 0.2) is 36.4 Å². The van der Waals surface area contributed by atoms with E-state index in [0.29, 0.717) is 6.54 Å². The Hall–Kier alpha value is -1.58. The number of nitrogen functional groups attached to an aromatic ring is 1. The summed E-state index contributed by atoms with van der Waals surface area (Å²) < 4.78 is 13.5. The molecule has 0 aliphatic carbocycles. The number of halogens is 2. The first-order chi connectivity index (χ1) is 9.63. The fourth-order valence-electron chi connectivity index (χ4n) is 2.69. The standard InChI is InChI=1S/C16H16ClFN2/c17-14-5-4-11(8-15(14)18)9-20-7-6-12-2-1-3-16(19)13(12)10-20/h1-5,8H,6-7,9-10,19H2. The van der Waals surface area contributed by atoms with E-state index >= 15 is 0 Å². The molecule has 0 spiro atoms. The lowest BCUT2D eigenvalue weighted by atomic mass is 9.98. The van der Waals surface area contributed by atoms with E-state index in [1.807, 2.05) is 18.2 Å². The van der Waals surface area contributed by atoms with Crippen molar-refractivity contribution in [3.63, 3.8) is 0 Å². The van der Waals surface area contributed by atoms with Gasteiger partial charge in [-0.3, -0.25) is 4.90 Å². The third-order valence-corrected chi connectivity index (χ3v) is 4.09. The maximum Gasteiger partial charge on any atom is 0.142 e. The van der Waals surface area contributed by atoms with Crippen LogP contribution in [0.25, 0.3) is 0 Å². The van der Waals surface area contributed by atoms with Crippen LogP contribution in [0.2, 0.25) is 5.02 Å². The van der Waals surface area contributed by atoms with Gasteiger partial charge in [0.05, 0.1) is 5.02 Å². The summed E-state index contributed by atoms with van der Waals surface area (Å²) in [5, 5.41) is 0.169. The van der Waals surface area contributed by atoms with Gasteiger partial charge >= 0.3 is 0 Å². The van der Waals surface area contributed by atoms with Crippen LogP contribution in [-0.2, 0) is 19.5 Å². The summed E-state index contributed by atoms with van der Waals surface area (Å²) in [5.41, 5.74) is 10.3. The first kappa shape index (κ1) is 13.4. The van der Waals surface area contributed by atoms with Gasteiger partial charge < -0.3 is 5.73 Å². The predicted octanol–water partition coefficient (Wildman–Crippen LogP) is 3.62. The second kappa shape index (κ2) is 5.43. The lowest BCUT2D eigenvalue weighted by molar-refractivity contribution is 0.246. The molecule has 0 amide bonds. The number of nitrogens with zero attached hydrogens (tertiary/aromatic N) is 1. The van der Waals surface area contributed by atoms with Crippen molar-refractivity contribution >= 4 is 17.3 Å². The highest BCUT2D eigenvalue weighted by Gasteiger charge is 2.18. The molecule has 2 nitrogen and oxygen atoms in total. The Morgan fingerprint density at radius 1 is 1.25 bits per heavy atom. The molecule has 0 radical (unpaired) electrons. The third-order valence-electron chi connectivity index (χ3n) is 3.78. The summed E-state index contributed by atoms with van der Waals surface area (Å²) in [7, 11) is 0. The largest absolute Gasteiger partial charge is 0.398 e. The van der Waals surface area contributed by atoms with E-state index in [1.165, 1.54) is 17.2 Å².